The number of methoxy groups -OCH3 is 1. The van der Waals surface area contributed by atoms with Gasteiger partial charge in [-0.1, -0.05) is 36.4 Å². The Morgan fingerprint density at radius 1 is 1.11 bits per heavy atom. The zero-order chi connectivity index (χ0) is 13.8. The lowest BCUT2D eigenvalue weighted by Crippen LogP contribution is -2.39. The van der Waals surface area contributed by atoms with Crippen LogP contribution in [0.25, 0.3) is 23.5 Å². The summed E-state index contributed by atoms with van der Waals surface area (Å²) in [6.07, 6.45) is 3.51. The molecule has 19 heavy (non-hydrogen) atoms. The summed E-state index contributed by atoms with van der Waals surface area (Å²) in [5.74, 6) is 0.705. The minimum atomic E-state index is -0.150. The molecule has 0 unspecified atom stereocenters. The van der Waals surface area contributed by atoms with Gasteiger partial charge in [0.25, 0.3) is 0 Å². The maximum Gasteiger partial charge on any atom is 0.234 e. The van der Waals surface area contributed by atoms with E-state index in [9.17, 15) is 4.79 Å². The van der Waals surface area contributed by atoms with E-state index in [0.717, 1.165) is 5.56 Å². The Balaban J connectivity index is 2.92. The van der Waals surface area contributed by atoms with Crippen LogP contribution in [0, 0.1) is 0 Å². The molecule has 1 aromatic heterocycles. The van der Waals surface area contributed by atoms with Gasteiger partial charge in [0.2, 0.25) is 11.2 Å². The van der Waals surface area contributed by atoms with Gasteiger partial charge >= 0.3 is 0 Å². The standard InChI is InChI=1S/C16H16O3/c1-4-12-13(5-2)19-15(16(18-3)14(12)17)11-9-7-6-8-10-11/h4-10H,1-3H3/b12-4+,13-5+. The number of rotatable bonds is 2. The summed E-state index contributed by atoms with van der Waals surface area (Å²) in [5.41, 5.74) is 1.23. The van der Waals surface area contributed by atoms with Crippen LogP contribution in [-0.4, -0.2) is 7.11 Å². The molecule has 0 radical (unpaired) electrons. The third-order valence-corrected chi connectivity index (χ3v) is 2.93. The van der Waals surface area contributed by atoms with Gasteiger partial charge in [0, 0.05) is 5.56 Å². The van der Waals surface area contributed by atoms with Gasteiger partial charge < -0.3 is 9.15 Å². The molecule has 0 aliphatic rings. The van der Waals surface area contributed by atoms with Crippen molar-refractivity contribution in [3.05, 3.63) is 51.2 Å². The predicted molar refractivity (Wildman–Crippen MR) is 76.5 cm³/mol. The predicted octanol–water partition coefficient (Wildman–Crippen LogP) is 1.92. The first-order chi connectivity index (χ1) is 9.22. The van der Waals surface area contributed by atoms with Crippen LogP contribution in [0.3, 0.4) is 0 Å². The maximum atomic E-state index is 12.4. The summed E-state index contributed by atoms with van der Waals surface area (Å²) in [5, 5.41) is 0.527. The van der Waals surface area contributed by atoms with Gasteiger partial charge in [0.1, 0.15) is 5.42 Å². The van der Waals surface area contributed by atoms with E-state index in [1.54, 1.807) is 19.1 Å². The van der Waals surface area contributed by atoms with E-state index in [1.807, 2.05) is 37.3 Å². The molecule has 3 nitrogen and oxygen atoms in total. The molecule has 0 atom stereocenters. The van der Waals surface area contributed by atoms with Crippen molar-refractivity contribution in [3.63, 3.8) is 0 Å². The monoisotopic (exact) mass is 256 g/mol. The normalized spacial score (nSPS) is 12.8. The number of benzene rings is 1. The highest BCUT2D eigenvalue weighted by Gasteiger charge is 2.14. The molecule has 0 saturated heterocycles. The maximum absolute atomic E-state index is 12.4. The Morgan fingerprint density at radius 3 is 2.32 bits per heavy atom. The van der Waals surface area contributed by atoms with Gasteiger partial charge in [-0.25, -0.2) is 0 Å². The SMILES string of the molecule is C/C=c1/oc(-c2ccccc2)c(OC)c(=O)/c1=C/C. The second-order valence-electron chi connectivity index (χ2n) is 4.01. The first-order valence-corrected chi connectivity index (χ1v) is 6.12. The van der Waals surface area contributed by atoms with E-state index in [1.165, 1.54) is 7.11 Å². The molecule has 3 heteroatoms. The molecule has 0 aliphatic carbocycles. The van der Waals surface area contributed by atoms with Crippen molar-refractivity contribution in [2.75, 3.05) is 7.11 Å². The molecule has 0 saturated carbocycles. The van der Waals surface area contributed by atoms with Crippen LogP contribution in [-0.2, 0) is 0 Å². The van der Waals surface area contributed by atoms with Crippen LogP contribution in [0.15, 0.2) is 39.5 Å². The number of hydrogen-bond donors (Lipinski definition) is 0. The second kappa shape index (κ2) is 5.57. The topological polar surface area (TPSA) is 39.4 Å². The number of hydrogen-bond acceptors (Lipinski definition) is 3. The molecular weight excluding hydrogens is 240 g/mol. The summed E-state index contributed by atoms with van der Waals surface area (Å²) < 4.78 is 11.1. The molecular formula is C16H16O3. The van der Waals surface area contributed by atoms with Gasteiger partial charge in [-0.3, -0.25) is 4.79 Å². The lowest BCUT2D eigenvalue weighted by molar-refractivity contribution is 0.386. The fourth-order valence-electron chi connectivity index (χ4n) is 2.00. The molecule has 2 rings (SSSR count). The molecule has 0 aliphatic heterocycles. The summed E-state index contributed by atoms with van der Waals surface area (Å²) in [6, 6.07) is 9.47. The highest BCUT2D eigenvalue weighted by atomic mass is 16.5. The molecule has 0 amide bonds. The van der Waals surface area contributed by atoms with Crippen molar-refractivity contribution in [2.24, 2.45) is 0 Å². The molecule has 0 N–H and O–H groups in total. The van der Waals surface area contributed by atoms with Crippen LogP contribution in [0.4, 0.5) is 0 Å². The van der Waals surface area contributed by atoms with Gasteiger partial charge in [-0.05, 0) is 19.9 Å². The van der Waals surface area contributed by atoms with Crippen molar-refractivity contribution in [1.29, 1.82) is 0 Å². The molecule has 2 aromatic rings. The van der Waals surface area contributed by atoms with E-state index in [2.05, 4.69) is 0 Å². The summed E-state index contributed by atoms with van der Waals surface area (Å²) >= 11 is 0. The molecule has 0 fully saturated rings. The van der Waals surface area contributed by atoms with Crippen molar-refractivity contribution in [2.45, 2.75) is 13.8 Å². The Morgan fingerprint density at radius 2 is 1.79 bits per heavy atom. The zero-order valence-electron chi connectivity index (χ0n) is 11.3. The Bertz CT molecular complexity index is 740. The minimum absolute atomic E-state index is 0.150. The Hall–Kier alpha value is -2.29. The van der Waals surface area contributed by atoms with Gasteiger partial charge in [-0.15, -0.1) is 0 Å². The molecule has 98 valence electrons. The highest BCUT2D eigenvalue weighted by Crippen LogP contribution is 2.24. The van der Waals surface area contributed by atoms with Crippen molar-refractivity contribution >= 4 is 12.2 Å². The average Bonchev–Trinajstić information content (AvgIpc) is 2.47. The first kappa shape index (κ1) is 13.1. The largest absolute Gasteiger partial charge is 0.490 e. The van der Waals surface area contributed by atoms with Gasteiger partial charge in [0.15, 0.2) is 5.76 Å². The number of ether oxygens (including phenoxy) is 1. The zero-order valence-corrected chi connectivity index (χ0v) is 11.3. The van der Waals surface area contributed by atoms with E-state index in [0.29, 0.717) is 16.4 Å². The second-order valence-corrected chi connectivity index (χ2v) is 4.01. The average molecular weight is 256 g/mol. The summed E-state index contributed by atoms with van der Waals surface area (Å²) in [4.78, 5) is 12.4. The van der Waals surface area contributed by atoms with Crippen LogP contribution in [0.2, 0.25) is 0 Å². The van der Waals surface area contributed by atoms with Crippen LogP contribution < -0.4 is 20.8 Å². The van der Waals surface area contributed by atoms with E-state index >= 15 is 0 Å². The molecule has 1 aromatic carbocycles. The van der Waals surface area contributed by atoms with Gasteiger partial charge in [0.05, 0.1) is 12.3 Å². The smallest absolute Gasteiger partial charge is 0.234 e. The fraction of sp³-hybridized carbons (Fsp3) is 0.188. The molecule has 0 bridgehead atoms. The Kier molecular flexibility index (Phi) is 3.85. The van der Waals surface area contributed by atoms with E-state index < -0.39 is 0 Å². The van der Waals surface area contributed by atoms with Crippen molar-refractivity contribution < 1.29 is 9.15 Å². The van der Waals surface area contributed by atoms with E-state index in [4.69, 9.17) is 9.15 Å². The van der Waals surface area contributed by atoms with Crippen LogP contribution >= 0.6 is 0 Å². The quantitative estimate of drug-likeness (QED) is 0.824. The van der Waals surface area contributed by atoms with E-state index in [-0.39, 0.29) is 11.2 Å². The minimum Gasteiger partial charge on any atom is -0.490 e. The van der Waals surface area contributed by atoms with Crippen molar-refractivity contribution in [1.82, 2.24) is 0 Å². The molecule has 0 spiro atoms. The fourth-order valence-corrected chi connectivity index (χ4v) is 2.00. The van der Waals surface area contributed by atoms with Crippen LogP contribution in [0.5, 0.6) is 5.75 Å². The third kappa shape index (κ3) is 2.32. The first-order valence-electron chi connectivity index (χ1n) is 6.12. The van der Waals surface area contributed by atoms with Crippen molar-refractivity contribution in [3.8, 4) is 17.1 Å². The summed E-state index contributed by atoms with van der Waals surface area (Å²) in [6.45, 7) is 3.65. The highest BCUT2D eigenvalue weighted by molar-refractivity contribution is 5.64. The third-order valence-electron chi connectivity index (χ3n) is 2.93. The lowest BCUT2D eigenvalue weighted by Gasteiger charge is -2.07. The van der Waals surface area contributed by atoms with Gasteiger partial charge in [-0.2, -0.15) is 0 Å². The van der Waals surface area contributed by atoms with Crippen LogP contribution in [0.1, 0.15) is 13.8 Å². The lowest BCUT2D eigenvalue weighted by atomic mass is 10.1. The Labute approximate surface area is 111 Å². The molecule has 1 heterocycles. The summed E-state index contributed by atoms with van der Waals surface area (Å²) in [7, 11) is 1.48.